The summed E-state index contributed by atoms with van der Waals surface area (Å²) < 4.78 is 44.2. The number of halogens is 3. The van der Waals surface area contributed by atoms with Gasteiger partial charge in [-0.2, -0.15) is 18.4 Å². The number of likely N-dealkylation sites (N-methyl/N-ethyl adjacent to an activating group) is 1. The lowest BCUT2D eigenvalue weighted by atomic mass is 10.1. The van der Waals surface area contributed by atoms with E-state index in [1.807, 2.05) is 41.7 Å². The molecule has 3 aliphatic rings. The van der Waals surface area contributed by atoms with Crippen molar-refractivity contribution in [3.8, 4) is 6.07 Å². The fourth-order valence-electron chi connectivity index (χ4n) is 5.74. The Balaban J connectivity index is 1.35. The van der Waals surface area contributed by atoms with Crippen LogP contribution in [0.25, 0.3) is 0 Å². The topological polar surface area (TPSA) is 105 Å². The number of rotatable bonds is 9. The number of amidine groups is 1. The minimum atomic E-state index is -5.03. The minimum Gasteiger partial charge on any atom is -0.379 e. The van der Waals surface area contributed by atoms with E-state index < -0.39 is 12.1 Å². The van der Waals surface area contributed by atoms with Gasteiger partial charge in [0.25, 0.3) is 5.91 Å². The Morgan fingerprint density at radius 3 is 2.54 bits per heavy atom. The van der Waals surface area contributed by atoms with Crippen molar-refractivity contribution in [2.45, 2.75) is 24.5 Å². The number of fused-ring (bicyclic) bond motifs is 1. The lowest BCUT2D eigenvalue weighted by Crippen LogP contribution is -2.41. The van der Waals surface area contributed by atoms with E-state index in [1.165, 1.54) is 35.7 Å². The van der Waals surface area contributed by atoms with Crippen LogP contribution in [0.5, 0.6) is 0 Å². The summed E-state index contributed by atoms with van der Waals surface area (Å²) in [6, 6.07) is 21.6. The number of hydrogen-bond acceptors (Lipinski definition) is 10. The molecule has 0 aromatic heterocycles. The summed E-state index contributed by atoms with van der Waals surface area (Å²) >= 11 is 2.53. The van der Waals surface area contributed by atoms with Crippen LogP contribution in [0.1, 0.15) is 18.1 Å². The second-order valence-electron chi connectivity index (χ2n) is 11.7. The van der Waals surface area contributed by atoms with E-state index in [0.717, 1.165) is 42.3 Å². The lowest BCUT2D eigenvalue weighted by Gasteiger charge is -2.31. The summed E-state index contributed by atoms with van der Waals surface area (Å²) in [6.45, 7) is 7.73. The molecular formula is C35H34F3N7O3S2. The maximum Gasteiger partial charge on any atom is 0.471 e. The van der Waals surface area contributed by atoms with Gasteiger partial charge in [0, 0.05) is 50.4 Å². The third kappa shape index (κ3) is 7.78. The third-order valence-electron chi connectivity index (χ3n) is 8.42. The van der Waals surface area contributed by atoms with Gasteiger partial charge in [-0.05, 0) is 60.6 Å². The molecule has 0 bridgehead atoms. The number of morpholine rings is 1. The van der Waals surface area contributed by atoms with E-state index in [2.05, 4.69) is 22.8 Å². The fraction of sp³-hybridized carbons (Fsp3) is 0.314. The van der Waals surface area contributed by atoms with Gasteiger partial charge in [-0.1, -0.05) is 42.1 Å². The van der Waals surface area contributed by atoms with Gasteiger partial charge in [-0.25, -0.2) is 4.99 Å². The highest BCUT2D eigenvalue weighted by molar-refractivity contribution is 8.19. The van der Waals surface area contributed by atoms with Gasteiger partial charge >= 0.3 is 12.1 Å². The summed E-state index contributed by atoms with van der Waals surface area (Å²) in [5.74, 6) is -2.34. The largest absolute Gasteiger partial charge is 0.471 e. The van der Waals surface area contributed by atoms with E-state index >= 15 is 0 Å². The van der Waals surface area contributed by atoms with Gasteiger partial charge < -0.3 is 19.9 Å². The summed E-state index contributed by atoms with van der Waals surface area (Å²) in [5.41, 5.74) is 3.28. The first-order valence-corrected chi connectivity index (χ1v) is 17.6. The highest BCUT2D eigenvalue weighted by Crippen LogP contribution is 2.51. The number of aliphatic imine (C=N–C) groups is 1. The highest BCUT2D eigenvalue weighted by Gasteiger charge is 2.41. The van der Waals surface area contributed by atoms with Crippen molar-refractivity contribution in [2.75, 3.05) is 68.1 Å². The van der Waals surface area contributed by atoms with Gasteiger partial charge in [0.1, 0.15) is 4.91 Å². The summed E-state index contributed by atoms with van der Waals surface area (Å²) in [6.07, 6.45) is -5.03. The van der Waals surface area contributed by atoms with E-state index in [4.69, 9.17) is 9.73 Å². The molecule has 0 saturated carbocycles. The van der Waals surface area contributed by atoms with Gasteiger partial charge in [-0.15, -0.1) is 0 Å². The quantitative estimate of drug-likeness (QED) is 0.252. The monoisotopic (exact) mass is 721 g/mol. The maximum atomic E-state index is 14.3. The zero-order valence-corrected chi connectivity index (χ0v) is 29.0. The SMILES string of the molecule is CCN(CCN1CCOCC1)c1ccc(C#N)cc1N=C1S/C(=C2\Sc3ccc(NC(=O)C(F)(F)F)cc3N2C)C(=O)N1Cc1ccccc1. The minimum absolute atomic E-state index is 0.0119. The first kappa shape index (κ1) is 35.3. The number of carbonyl (C=O) groups excluding carboxylic acids is 2. The maximum absolute atomic E-state index is 14.3. The molecule has 0 atom stereocenters. The number of alkyl halides is 3. The molecule has 2 fully saturated rings. The van der Waals surface area contributed by atoms with E-state index in [1.54, 1.807) is 35.0 Å². The average molecular weight is 722 g/mol. The smallest absolute Gasteiger partial charge is 0.379 e. The van der Waals surface area contributed by atoms with Gasteiger partial charge in [0.2, 0.25) is 0 Å². The number of anilines is 3. The molecule has 50 heavy (non-hydrogen) atoms. The Hall–Kier alpha value is -4.49. The number of nitrogens with zero attached hydrogens (tertiary/aromatic N) is 6. The normalized spacial score (nSPS) is 18.8. The Bertz CT molecular complexity index is 1880. The Labute approximate surface area is 296 Å². The Morgan fingerprint density at radius 1 is 1.08 bits per heavy atom. The molecule has 0 radical (unpaired) electrons. The van der Waals surface area contributed by atoms with Crippen LogP contribution in [0.15, 0.2) is 86.6 Å². The van der Waals surface area contributed by atoms with Crippen molar-refractivity contribution in [1.82, 2.24) is 9.80 Å². The molecule has 10 nitrogen and oxygen atoms in total. The standard InChI is InChI=1S/C35H34F3N7O3S2/c1-3-44(14-13-43-15-17-48-18-16-43)27-11-9-24(21-39)19-26(27)41-34-45(22-23-7-5-4-6-8-23)31(46)30(50-34)32-42(2)28-20-25(10-12-29(28)49-32)40-33(47)35(36,37)38/h4-12,19-20H,3,13-18,22H2,1-2H3,(H,40,47)/b32-30-,41-34?. The summed E-state index contributed by atoms with van der Waals surface area (Å²) in [4.78, 5) is 39.9. The zero-order valence-electron chi connectivity index (χ0n) is 27.4. The van der Waals surface area contributed by atoms with Crippen LogP contribution in [0, 0.1) is 11.3 Å². The number of nitriles is 1. The molecule has 3 aliphatic heterocycles. The molecule has 0 spiro atoms. The van der Waals surface area contributed by atoms with Gasteiger partial charge in [-0.3, -0.25) is 19.4 Å². The zero-order chi connectivity index (χ0) is 35.4. The molecule has 260 valence electrons. The molecule has 1 N–H and O–H groups in total. The first-order valence-electron chi connectivity index (χ1n) is 15.9. The van der Waals surface area contributed by atoms with Crippen LogP contribution >= 0.6 is 23.5 Å². The van der Waals surface area contributed by atoms with E-state index in [-0.39, 0.29) is 18.1 Å². The predicted molar refractivity (Wildman–Crippen MR) is 190 cm³/mol. The molecular weight excluding hydrogens is 688 g/mol. The number of ether oxygens (including phenoxy) is 1. The molecule has 2 saturated heterocycles. The number of carbonyl (C=O) groups is 2. The molecule has 6 rings (SSSR count). The summed E-state index contributed by atoms with van der Waals surface area (Å²) in [5, 5.41) is 12.7. The molecule has 0 unspecified atom stereocenters. The molecule has 15 heteroatoms. The molecule has 3 aromatic carbocycles. The lowest BCUT2D eigenvalue weighted by molar-refractivity contribution is -0.167. The van der Waals surface area contributed by atoms with Crippen molar-refractivity contribution >= 4 is 63.3 Å². The highest BCUT2D eigenvalue weighted by atomic mass is 32.2. The number of nitrogens with one attached hydrogen (secondary N) is 1. The van der Waals surface area contributed by atoms with Crippen molar-refractivity contribution in [2.24, 2.45) is 4.99 Å². The number of benzene rings is 3. The van der Waals surface area contributed by atoms with Crippen molar-refractivity contribution in [3.05, 3.63) is 87.8 Å². The van der Waals surface area contributed by atoms with Crippen LogP contribution in [0.4, 0.5) is 35.9 Å². The second-order valence-corrected chi connectivity index (χ2v) is 13.7. The van der Waals surface area contributed by atoms with Crippen molar-refractivity contribution in [3.63, 3.8) is 0 Å². The van der Waals surface area contributed by atoms with Gasteiger partial charge in [0.15, 0.2) is 5.17 Å². The fourth-order valence-corrected chi connectivity index (χ4v) is 8.05. The Kier molecular flexibility index (Phi) is 10.7. The van der Waals surface area contributed by atoms with Crippen LogP contribution in [0.2, 0.25) is 0 Å². The number of thioether (sulfide) groups is 2. The van der Waals surface area contributed by atoms with Crippen LogP contribution in [0.3, 0.4) is 0 Å². The number of amides is 2. The van der Waals surface area contributed by atoms with E-state index in [0.29, 0.717) is 51.8 Å². The molecule has 2 amide bonds. The van der Waals surface area contributed by atoms with E-state index in [9.17, 15) is 28.0 Å². The average Bonchev–Trinajstić information content (AvgIpc) is 3.60. The Morgan fingerprint density at radius 2 is 1.84 bits per heavy atom. The van der Waals surface area contributed by atoms with Crippen molar-refractivity contribution < 1.29 is 27.5 Å². The summed E-state index contributed by atoms with van der Waals surface area (Å²) in [7, 11) is 1.73. The number of hydrogen-bond donors (Lipinski definition) is 1. The van der Waals surface area contributed by atoms with Crippen LogP contribution in [-0.2, 0) is 20.9 Å². The van der Waals surface area contributed by atoms with Crippen molar-refractivity contribution in [1.29, 1.82) is 5.26 Å². The van der Waals surface area contributed by atoms with Crippen LogP contribution < -0.4 is 15.1 Å². The molecule has 3 heterocycles. The second kappa shape index (κ2) is 15.2. The van der Waals surface area contributed by atoms with Crippen LogP contribution in [-0.4, -0.2) is 85.9 Å². The first-order chi connectivity index (χ1) is 24.0. The molecule has 3 aromatic rings. The van der Waals surface area contributed by atoms with Gasteiger partial charge in [0.05, 0.1) is 53.5 Å². The molecule has 0 aliphatic carbocycles. The predicted octanol–water partition coefficient (Wildman–Crippen LogP) is 6.39. The third-order valence-corrected chi connectivity index (χ3v) is 10.9.